The Morgan fingerprint density at radius 3 is 2.32 bits per heavy atom. The first kappa shape index (κ1) is 24.1. The number of carbonyl (C=O) groups excluding carboxylic acids is 2. The molecule has 186 valence electrons. The van der Waals surface area contributed by atoms with Gasteiger partial charge >= 0.3 is 0 Å². The first-order valence-corrected chi connectivity index (χ1v) is 12.1. The van der Waals surface area contributed by atoms with Crippen molar-refractivity contribution in [2.75, 3.05) is 12.4 Å². The molecule has 0 fully saturated rings. The van der Waals surface area contributed by atoms with Crippen LogP contribution in [0.5, 0.6) is 5.75 Å². The van der Waals surface area contributed by atoms with Crippen LogP contribution in [0, 0.1) is 6.92 Å². The fourth-order valence-corrected chi connectivity index (χ4v) is 4.55. The second-order valence-corrected chi connectivity index (χ2v) is 8.81. The molecule has 0 saturated carbocycles. The maximum atomic E-state index is 13.0. The molecule has 1 aliphatic carbocycles. The van der Waals surface area contributed by atoms with Crippen molar-refractivity contribution in [2.24, 2.45) is 5.10 Å². The lowest BCUT2D eigenvalue weighted by molar-refractivity contribution is 0.0953. The first-order valence-electron chi connectivity index (χ1n) is 12.1. The maximum Gasteiger partial charge on any atom is 0.291 e. The molecule has 2 N–H and O–H groups in total. The molecule has 4 aromatic rings. The average molecular weight is 494 g/mol. The zero-order chi connectivity index (χ0) is 25.8. The molecule has 1 aliphatic rings. The van der Waals surface area contributed by atoms with E-state index in [4.69, 9.17) is 9.15 Å². The molecule has 0 aliphatic heterocycles. The van der Waals surface area contributed by atoms with E-state index in [2.05, 4.69) is 15.8 Å². The largest absolute Gasteiger partial charge is 0.495 e. The molecule has 7 nitrogen and oxygen atoms in total. The highest BCUT2D eigenvalue weighted by molar-refractivity contribution is 6.10. The Hall–Kier alpha value is -4.65. The van der Waals surface area contributed by atoms with E-state index < -0.39 is 0 Å². The van der Waals surface area contributed by atoms with E-state index in [0.717, 1.165) is 23.1 Å². The van der Waals surface area contributed by atoms with E-state index >= 15 is 0 Å². The second-order valence-electron chi connectivity index (χ2n) is 8.81. The van der Waals surface area contributed by atoms with Crippen molar-refractivity contribution in [2.45, 2.75) is 26.2 Å². The predicted molar refractivity (Wildman–Crippen MR) is 143 cm³/mol. The first-order chi connectivity index (χ1) is 18.0. The number of fused-ring (bicyclic) bond motifs is 1. The number of rotatable bonds is 6. The zero-order valence-electron chi connectivity index (χ0n) is 20.7. The lowest BCUT2D eigenvalue weighted by Crippen LogP contribution is -2.22. The van der Waals surface area contributed by atoms with Gasteiger partial charge in [0.2, 0.25) is 0 Å². The number of hydrogen-bond acceptors (Lipinski definition) is 5. The number of para-hydroxylation sites is 2. The SMILES string of the molecule is COc1ccccc1NC(=O)c1oc2c(c1C)/C(=N/NC(=O)c1ccc(-c3ccccc3)cc1)CCC2. The van der Waals surface area contributed by atoms with Crippen molar-refractivity contribution in [3.05, 3.63) is 107 Å². The van der Waals surface area contributed by atoms with Gasteiger partial charge in [0.25, 0.3) is 11.8 Å². The minimum atomic E-state index is -0.363. The maximum absolute atomic E-state index is 13.0. The van der Waals surface area contributed by atoms with Gasteiger partial charge in [0, 0.05) is 23.1 Å². The number of hydrazone groups is 1. The highest BCUT2D eigenvalue weighted by atomic mass is 16.5. The van der Waals surface area contributed by atoms with Crippen LogP contribution in [0.3, 0.4) is 0 Å². The van der Waals surface area contributed by atoms with Gasteiger partial charge in [-0.05, 0) is 55.2 Å². The molecule has 2 amide bonds. The van der Waals surface area contributed by atoms with Gasteiger partial charge in [-0.25, -0.2) is 5.43 Å². The number of amides is 2. The van der Waals surface area contributed by atoms with Gasteiger partial charge in [0.1, 0.15) is 11.5 Å². The molecule has 0 spiro atoms. The topological polar surface area (TPSA) is 92.9 Å². The molecule has 0 bridgehead atoms. The Balaban J connectivity index is 1.33. The molecule has 37 heavy (non-hydrogen) atoms. The highest BCUT2D eigenvalue weighted by Gasteiger charge is 2.28. The van der Waals surface area contributed by atoms with Crippen LogP contribution < -0.4 is 15.5 Å². The van der Waals surface area contributed by atoms with Crippen LogP contribution in [-0.2, 0) is 6.42 Å². The summed E-state index contributed by atoms with van der Waals surface area (Å²) in [4.78, 5) is 25.8. The second kappa shape index (κ2) is 10.5. The van der Waals surface area contributed by atoms with E-state index in [0.29, 0.717) is 46.9 Å². The summed E-state index contributed by atoms with van der Waals surface area (Å²) in [7, 11) is 1.55. The summed E-state index contributed by atoms with van der Waals surface area (Å²) in [6, 6.07) is 24.6. The summed E-state index contributed by atoms with van der Waals surface area (Å²) >= 11 is 0. The molecular formula is C30H27N3O4. The van der Waals surface area contributed by atoms with Crippen LogP contribution in [0.25, 0.3) is 11.1 Å². The van der Waals surface area contributed by atoms with E-state index in [1.54, 1.807) is 31.4 Å². The number of carbonyl (C=O) groups is 2. The number of ether oxygens (including phenoxy) is 1. The molecule has 0 radical (unpaired) electrons. The molecular weight excluding hydrogens is 466 g/mol. The zero-order valence-corrected chi connectivity index (χ0v) is 20.7. The summed E-state index contributed by atoms with van der Waals surface area (Å²) in [5, 5.41) is 7.30. The third-order valence-electron chi connectivity index (χ3n) is 6.43. The lowest BCUT2D eigenvalue weighted by atomic mass is 9.93. The van der Waals surface area contributed by atoms with Gasteiger partial charge in [-0.2, -0.15) is 5.10 Å². The van der Waals surface area contributed by atoms with Crippen molar-refractivity contribution in [1.29, 1.82) is 0 Å². The fourth-order valence-electron chi connectivity index (χ4n) is 4.55. The minimum absolute atomic E-state index is 0.230. The smallest absolute Gasteiger partial charge is 0.291 e. The van der Waals surface area contributed by atoms with Crippen molar-refractivity contribution in [3.63, 3.8) is 0 Å². The molecule has 5 rings (SSSR count). The van der Waals surface area contributed by atoms with Crippen LogP contribution in [0.4, 0.5) is 5.69 Å². The van der Waals surface area contributed by atoms with Crippen LogP contribution in [0.15, 0.2) is 88.4 Å². The lowest BCUT2D eigenvalue weighted by Gasteiger charge is -2.13. The molecule has 1 heterocycles. The number of benzene rings is 3. The summed E-state index contributed by atoms with van der Waals surface area (Å²) in [5.74, 6) is 0.835. The molecule has 0 unspecified atom stereocenters. The minimum Gasteiger partial charge on any atom is -0.495 e. The van der Waals surface area contributed by atoms with Gasteiger partial charge < -0.3 is 14.5 Å². The average Bonchev–Trinajstić information content (AvgIpc) is 3.29. The van der Waals surface area contributed by atoms with Crippen molar-refractivity contribution < 1.29 is 18.7 Å². The van der Waals surface area contributed by atoms with E-state index in [9.17, 15) is 9.59 Å². The Labute approximate surface area is 215 Å². The Morgan fingerprint density at radius 2 is 1.57 bits per heavy atom. The van der Waals surface area contributed by atoms with Crippen LogP contribution >= 0.6 is 0 Å². The van der Waals surface area contributed by atoms with Gasteiger partial charge in [-0.15, -0.1) is 0 Å². The van der Waals surface area contributed by atoms with E-state index in [1.165, 1.54) is 0 Å². The van der Waals surface area contributed by atoms with Crippen LogP contribution in [0.2, 0.25) is 0 Å². The number of nitrogens with one attached hydrogen (secondary N) is 2. The summed E-state index contributed by atoms with van der Waals surface area (Å²) in [6.45, 7) is 1.84. The van der Waals surface area contributed by atoms with Gasteiger partial charge in [-0.1, -0.05) is 54.6 Å². The monoisotopic (exact) mass is 493 g/mol. The number of methoxy groups -OCH3 is 1. The quantitative estimate of drug-likeness (QED) is 0.323. The summed E-state index contributed by atoms with van der Waals surface area (Å²) in [6.07, 6.45) is 2.19. The van der Waals surface area contributed by atoms with E-state index in [1.807, 2.05) is 61.5 Å². The number of furan rings is 1. The summed E-state index contributed by atoms with van der Waals surface area (Å²) in [5.41, 5.74) is 8.06. The van der Waals surface area contributed by atoms with Crippen LogP contribution in [-0.4, -0.2) is 24.6 Å². The van der Waals surface area contributed by atoms with Crippen molar-refractivity contribution >= 4 is 23.2 Å². The number of anilines is 1. The standard InChI is InChI=1S/C30H27N3O4/c1-19-27-24(32-33-29(34)22-17-15-21(16-18-22)20-9-4-3-5-10-20)12-8-14-26(27)37-28(19)30(35)31-23-11-6-7-13-25(23)36-2/h3-7,9-11,13,15-18H,8,12,14H2,1-2H3,(H,31,35)(H,33,34)/b32-24+. The molecule has 0 saturated heterocycles. The summed E-state index contributed by atoms with van der Waals surface area (Å²) < 4.78 is 11.3. The molecule has 0 atom stereocenters. The molecule has 3 aromatic carbocycles. The third kappa shape index (κ3) is 5.02. The van der Waals surface area contributed by atoms with Crippen molar-refractivity contribution in [3.8, 4) is 16.9 Å². The molecule has 1 aromatic heterocycles. The van der Waals surface area contributed by atoms with Gasteiger partial charge in [-0.3, -0.25) is 9.59 Å². The fraction of sp³-hybridized carbons (Fsp3) is 0.167. The number of aryl methyl sites for hydroxylation is 1. The van der Waals surface area contributed by atoms with Gasteiger partial charge in [0.05, 0.1) is 18.5 Å². The normalized spacial score (nSPS) is 13.6. The molecule has 7 heteroatoms. The highest BCUT2D eigenvalue weighted by Crippen LogP contribution is 2.31. The van der Waals surface area contributed by atoms with Crippen LogP contribution in [0.1, 0.15) is 50.6 Å². The van der Waals surface area contributed by atoms with Gasteiger partial charge in [0.15, 0.2) is 5.76 Å². The Kier molecular flexibility index (Phi) is 6.85. The number of nitrogens with zero attached hydrogens (tertiary/aromatic N) is 1. The van der Waals surface area contributed by atoms with E-state index in [-0.39, 0.29) is 17.6 Å². The van der Waals surface area contributed by atoms with Crippen molar-refractivity contribution in [1.82, 2.24) is 5.43 Å². The Morgan fingerprint density at radius 1 is 0.865 bits per heavy atom. The Bertz CT molecular complexity index is 1470. The third-order valence-corrected chi connectivity index (χ3v) is 6.43. The number of hydrogen-bond donors (Lipinski definition) is 2. The predicted octanol–water partition coefficient (Wildman–Crippen LogP) is 5.99.